The summed E-state index contributed by atoms with van der Waals surface area (Å²) in [6, 6.07) is 24.6. The van der Waals surface area contributed by atoms with Crippen molar-refractivity contribution in [2.45, 2.75) is 0 Å². The molecule has 0 N–H and O–H groups in total. The third-order valence-corrected chi connectivity index (χ3v) is 3.52. The molecule has 0 aliphatic rings. The topological polar surface area (TPSA) is 47.3 Å². The van der Waals surface area contributed by atoms with E-state index in [0.717, 1.165) is 5.39 Å². The summed E-state index contributed by atoms with van der Waals surface area (Å²) in [5.41, 5.74) is -0.0366. The second-order valence-corrected chi connectivity index (χ2v) is 5.41. The van der Waals surface area contributed by atoms with Gasteiger partial charge in [0.15, 0.2) is 6.29 Å². The molecule has 0 unspecified atom stereocenters. The van der Waals surface area contributed by atoms with E-state index >= 15 is 0 Å². The van der Waals surface area contributed by atoms with Gasteiger partial charge in [0.25, 0.3) is 0 Å². The SMILES string of the molecule is O=Cc1cc2ccccc2oc1=O.c1ccccc1.c1ccsc1. The summed E-state index contributed by atoms with van der Waals surface area (Å²) in [6.07, 6.45) is 0.498. The molecule has 0 amide bonds. The Morgan fingerprint density at radius 3 is 1.88 bits per heavy atom. The smallest absolute Gasteiger partial charge is 0.346 e. The van der Waals surface area contributed by atoms with Crippen LogP contribution in [-0.4, -0.2) is 6.29 Å². The Hall–Kier alpha value is -2.98. The van der Waals surface area contributed by atoms with Crippen LogP contribution >= 0.6 is 11.3 Å². The highest BCUT2D eigenvalue weighted by Gasteiger charge is 2.02. The van der Waals surface area contributed by atoms with E-state index < -0.39 is 5.63 Å². The summed E-state index contributed by atoms with van der Waals surface area (Å²) >= 11 is 1.71. The Bertz CT molecular complexity index is 853. The Morgan fingerprint density at radius 2 is 1.38 bits per heavy atom. The first-order valence-corrected chi connectivity index (χ1v) is 8.21. The molecular weight excluding hydrogens is 320 g/mol. The molecule has 0 saturated heterocycles. The number of hydrogen-bond acceptors (Lipinski definition) is 4. The predicted octanol–water partition coefficient (Wildman–Crippen LogP) is 5.04. The van der Waals surface area contributed by atoms with Gasteiger partial charge in [0.2, 0.25) is 0 Å². The van der Waals surface area contributed by atoms with E-state index in [2.05, 4.69) is 0 Å². The van der Waals surface area contributed by atoms with Gasteiger partial charge in [0, 0.05) is 5.39 Å². The van der Waals surface area contributed by atoms with Gasteiger partial charge < -0.3 is 4.42 Å². The summed E-state index contributed by atoms with van der Waals surface area (Å²) < 4.78 is 4.90. The van der Waals surface area contributed by atoms with E-state index in [9.17, 15) is 9.59 Å². The zero-order chi connectivity index (χ0) is 17.0. The predicted molar refractivity (Wildman–Crippen MR) is 98.6 cm³/mol. The summed E-state index contributed by atoms with van der Waals surface area (Å²) in [7, 11) is 0. The number of hydrogen-bond donors (Lipinski definition) is 0. The Kier molecular flexibility index (Phi) is 7.18. The molecule has 2 heterocycles. The quantitative estimate of drug-likeness (QED) is 0.361. The summed E-state index contributed by atoms with van der Waals surface area (Å²) in [4.78, 5) is 21.5. The van der Waals surface area contributed by atoms with Gasteiger partial charge in [-0.05, 0) is 22.9 Å². The summed E-state index contributed by atoms with van der Waals surface area (Å²) in [5, 5.41) is 4.84. The molecular formula is C20H16O3S. The molecule has 0 atom stereocenters. The van der Waals surface area contributed by atoms with E-state index in [1.54, 1.807) is 29.5 Å². The highest BCUT2D eigenvalue weighted by molar-refractivity contribution is 7.07. The number of carbonyl (C=O) groups excluding carboxylic acids is 1. The van der Waals surface area contributed by atoms with Crippen LogP contribution in [-0.2, 0) is 0 Å². The van der Waals surface area contributed by atoms with Crippen LogP contribution in [0.3, 0.4) is 0 Å². The van der Waals surface area contributed by atoms with Crippen LogP contribution in [0.15, 0.2) is 98.8 Å². The molecule has 0 aliphatic carbocycles. The number of thiophene rings is 1. The molecule has 24 heavy (non-hydrogen) atoms. The Morgan fingerprint density at radius 1 is 0.792 bits per heavy atom. The van der Waals surface area contributed by atoms with Crippen molar-refractivity contribution in [3.63, 3.8) is 0 Å². The van der Waals surface area contributed by atoms with Crippen molar-refractivity contribution in [2.24, 2.45) is 0 Å². The van der Waals surface area contributed by atoms with Crippen LogP contribution in [0.5, 0.6) is 0 Å². The standard InChI is InChI=1S/C10H6O3.C6H6.C4H4S/c11-6-8-5-7-3-1-2-4-9(7)13-10(8)12;1-2-4-6-5-3-1;1-2-4-5-3-1/h1-6H;1-6H;1-4H. The number of benzene rings is 2. The fourth-order valence-corrected chi connectivity index (χ4v) is 2.23. The van der Waals surface area contributed by atoms with Gasteiger partial charge in [-0.25, -0.2) is 4.79 Å². The van der Waals surface area contributed by atoms with Crippen LogP contribution < -0.4 is 5.63 Å². The number of fused-ring (bicyclic) bond motifs is 1. The zero-order valence-corrected chi connectivity index (χ0v) is 13.7. The average Bonchev–Trinajstić information content (AvgIpc) is 3.23. The van der Waals surface area contributed by atoms with Crippen LogP contribution in [0.25, 0.3) is 11.0 Å². The fourth-order valence-electron chi connectivity index (χ4n) is 1.77. The third-order valence-electron chi connectivity index (χ3n) is 2.89. The minimum Gasteiger partial charge on any atom is -0.422 e. The van der Waals surface area contributed by atoms with Crippen molar-refractivity contribution in [1.82, 2.24) is 0 Å². The lowest BCUT2D eigenvalue weighted by Gasteiger charge is -1.94. The monoisotopic (exact) mass is 336 g/mol. The second-order valence-electron chi connectivity index (χ2n) is 4.59. The van der Waals surface area contributed by atoms with Gasteiger partial charge in [-0.15, -0.1) is 0 Å². The number of aldehydes is 1. The zero-order valence-electron chi connectivity index (χ0n) is 12.9. The van der Waals surface area contributed by atoms with E-state index in [4.69, 9.17) is 4.42 Å². The molecule has 0 radical (unpaired) electrons. The maximum absolute atomic E-state index is 11.1. The molecule has 0 bridgehead atoms. The maximum Gasteiger partial charge on any atom is 0.346 e. The second kappa shape index (κ2) is 9.92. The van der Waals surface area contributed by atoms with E-state index in [-0.39, 0.29) is 5.56 Å². The Balaban J connectivity index is 0.000000156. The van der Waals surface area contributed by atoms with Crippen molar-refractivity contribution in [3.05, 3.63) is 106 Å². The van der Waals surface area contributed by atoms with Crippen molar-refractivity contribution < 1.29 is 9.21 Å². The van der Waals surface area contributed by atoms with Gasteiger partial charge in [0.1, 0.15) is 11.1 Å². The maximum atomic E-state index is 11.1. The molecule has 2 aromatic carbocycles. The van der Waals surface area contributed by atoms with Crippen molar-refractivity contribution >= 4 is 28.6 Å². The van der Waals surface area contributed by atoms with E-state index in [1.807, 2.05) is 65.4 Å². The van der Waals surface area contributed by atoms with Crippen LogP contribution in [0.2, 0.25) is 0 Å². The molecule has 3 nitrogen and oxygen atoms in total. The molecule has 2 aromatic heterocycles. The first-order chi connectivity index (χ1) is 11.8. The van der Waals surface area contributed by atoms with Crippen molar-refractivity contribution in [3.8, 4) is 0 Å². The molecule has 4 rings (SSSR count). The van der Waals surface area contributed by atoms with Gasteiger partial charge in [-0.3, -0.25) is 4.79 Å². The lowest BCUT2D eigenvalue weighted by atomic mass is 10.2. The molecule has 0 spiro atoms. The molecule has 4 heteroatoms. The lowest BCUT2D eigenvalue weighted by molar-refractivity contribution is 0.112. The largest absolute Gasteiger partial charge is 0.422 e. The molecule has 0 saturated carbocycles. The molecule has 4 aromatic rings. The first-order valence-electron chi connectivity index (χ1n) is 7.26. The van der Waals surface area contributed by atoms with Crippen molar-refractivity contribution in [2.75, 3.05) is 0 Å². The molecule has 0 aliphatic heterocycles. The highest BCUT2D eigenvalue weighted by Crippen LogP contribution is 2.11. The average molecular weight is 336 g/mol. The van der Waals surface area contributed by atoms with Gasteiger partial charge >= 0.3 is 5.63 Å². The van der Waals surface area contributed by atoms with Crippen LogP contribution in [0, 0.1) is 0 Å². The molecule has 120 valence electrons. The fraction of sp³-hybridized carbons (Fsp3) is 0. The van der Waals surface area contributed by atoms with Gasteiger partial charge in [-0.1, -0.05) is 66.7 Å². The minimum atomic E-state index is -0.589. The van der Waals surface area contributed by atoms with Crippen LogP contribution in [0.4, 0.5) is 0 Å². The first kappa shape index (κ1) is 17.4. The number of rotatable bonds is 1. The van der Waals surface area contributed by atoms with Gasteiger partial charge in [-0.2, -0.15) is 11.3 Å². The normalized spacial score (nSPS) is 9.17. The van der Waals surface area contributed by atoms with E-state index in [1.165, 1.54) is 6.07 Å². The number of para-hydroxylation sites is 1. The Labute approximate surface area is 143 Å². The van der Waals surface area contributed by atoms with Crippen LogP contribution in [0.1, 0.15) is 10.4 Å². The molecule has 0 fully saturated rings. The summed E-state index contributed by atoms with van der Waals surface area (Å²) in [6.45, 7) is 0. The van der Waals surface area contributed by atoms with Crippen molar-refractivity contribution in [1.29, 1.82) is 0 Å². The van der Waals surface area contributed by atoms with E-state index in [0.29, 0.717) is 11.9 Å². The number of carbonyl (C=O) groups is 1. The van der Waals surface area contributed by atoms with Gasteiger partial charge in [0.05, 0.1) is 0 Å². The lowest BCUT2D eigenvalue weighted by Crippen LogP contribution is -2.05. The third kappa shape index (κ3) is 5.66. The summed E-state index contributed by atoms with van der Waals surface area (Å²) in [5.74, 6) is 0. The highest BCUT2D eigenvalue weighted by atomic mass is 32.1. The minimum absolute atomic E-state index is 0.0544.